The van der Waals surface area contributed by atoms with Gasteiger partial charge in [-0.3, -0.25) is 4.79 Å². The second-order valence-electron chi connectivity index (χ2n) is 6.02. The van der Waals surface area contributed by atoms with Crippen LogP contribution in [0, 0.1) is 6.92 Å². The van der Waals surface area contributed by atoms with Crippen LogP contribution in [0.1, 0.15) is 18.1 Å². The maximum absolute atomic E-state index is 12.0. The zero-order chi connectivity index (χ0) is 17.6. The highest BCUT2D eigenvalue weighted by atomic mass is 16.2. The molecule has 0 bridgehead atoms. The average Bonchev–Trinajstić information content (AvgIpc) is 2.64. The largest absolute Gasteiger partial charge is 0.376 e. The molecule has 4 heteroatoms. The van der Waals surface area contributed by atoms with Crippen molar-refractivity contribution in [1.82, 2.24) is 5.43 Å². The molecule has 0 aromatic heterocycles. The first-order valence-corrected chi connectivity index (χ1v) is 8.25. The number of hydrogen-bond donors (Lipinski definition) is 2. The van der Waals surface area contributed by atoms with Crippen LogP contribution in [0.2, 0.25) is 0 Å². The lowest BCUT2D eigenvalue weighted by Crippen LogP contribution is -2.26. The Kier molecular flexibility index (Phi) is 5.09. The number of carbonyl (C=O) groups excluding carboxylic acids is 1. The van der Waals surface area contributed by atoms with Gasteiger partial charge in [-0.25, -0.2) is 5.43 Å². The van der Waals surface area contributed by atoms with E-state index in [9.17, 15) is 4.79 Å². The zero-order valence-electron chi connectivity index (χ0n) is 14.4. The molecule has 3 aromatic rings. The SMILES string of the molecule is CC(=NNC(=O)CNc1cccc(C)c1)c1ccc2ccccc2c1. The maximum Gasteiger partial charge on any atom is 0.259 e. The minimum absolute atomic E-state index is 0.179. The van der Waals surface area contributed by atoms with Crippen molar-refractivity contribution in [2.24, 2.45) is 5.10 Å². The summed E-state index contributed by atoms with van der Waals surface area (Å²) in [6.07, 6.45) is 0. The molecule has 0 aliphatic carbocycles. The van der Waals surface area contributed by atoms with E-state index in [1.54, 1.807) is 0 Å². The Morgan fingerprint density at radius 1 is 0.960 bits per heavy atom. The molecule has 2 N–H and O–H groups in total. The molecule has 0 heterocycles. The lowest BCUT2D eigenvalue weighted by Gasteiger charge is -2.07. The molecule has 0 radical (unpaired) electrons. The summed E-state index contributed by atoms with van der Waals surface area (Å²) in [4.78, 5) is 12.0. The molecule has 0 saturated heterocycles. The van der Waals surface area contributed by atoms with E-state index in [0.717, 1.165) is 27.9 Å². The Labute approximate surface area is 147 Å². The fourth-order valence-corrected chi connectivity index (χ4v) is 2.60. The number of anilines is 1. The van der Waals surface area contributed by atoms with Crippen LogP contribution >= 0.6 is 0 Å². The molecule has 0 atom stereocenters. The van der Waals surface area contributed by atoms with Gasteiger partial charge in [0.15, 0.2) is 0 Å². The number of nitrogens with zero attached hydrogens (tertiary/aromatic N) is 1. The van der Waals surface area contributed by atoms with Crippen molar-refractivity contribution in [2.75, 3.05) is 11.9 Å². The van der Waals surface area contributed by atoms with Crippen molar-refractivity contribution in [2.45, 2.75) is 13.8 Å². The third-order valence-electron chi connectivity index (χ3n) is 3.99. The Bertz CT molecular complexity index is 931. The highest BCUT2D eigenvalue weighted by molar-refractivity contribution is 6.02. The summed E-state index contributed by atoms with van der Waals surface area (Å²) in [6.45, 7) is 4.08. The van der Waals surface area contributed by atoms with Crippen molar-refractivity contribution in [3.63, 3.8) is 0 Å². The molecule has 1 amide bonds. The summed E-state index contributed by atoms with van der Waals surface area (Å²) in [5.74, 6) is -0.179. The van der Waals surface area contributed by atoms with Crippen LogP contribution in [0.4, 0.5) is 5.69 Å². The van der Waals surface area contributed by atoms with E-state index in [0.29, 0.717) is 0 Å². The van der Waals surface area contributed by atoms with Gasteiger partial charge in [0.2, 0.25) is 0 Å². The van der Waals surface area contributed by atoms with Crippen molar-refractivity contribution in [3.8, 4) is 0 Å². The highest BCUT2D eigenvalue weighted by Gasteiger charge is 2.03. The maximum atomic E-state index is 12.0. The monoisotopic (exact) mass is 331 g/mol. The molecular weight excluding hydrogens is 310 g/mol. The van der Waals surface area contributed by atoms with Crippen LogP contribution < -0.4 is 10.7 Å². The van der Waals surface area contributed by atoms with E-state index in [1.807, 2.05) is 56.3 Å². The number of benzene rings is 3. The molecule has 0 unspecified atom stereocenters. The van der Waals surface area contributed by atoms with E-state index in [4.69, 9.17) is 0 Å². The lowest BCUT2D eigenvalue weighted by atomic mass is 10.0. The standard InChI is InChI=1S/C21H21N3O/c1-15-6-5-9-20(12-15)22-14-21(25)24-23-16(2)18-11-10-17-7-3-4-8-19(17)13-18/h3-13,22H,14H2,1-2H3,(H,24,25). The fraction of sp³-hybridized carbons (Fsp3) is 0.143. The number of rotatable bonds is 5. The van der Waals surface area contributed by atoms with Crippen molar-refractivity contribution >= 4 is 28.1 Å². The molecule has 126 valence electrons. The first-order chi connectivity index (χ1) is 12.1. The Balaban J connectivity index is 1.60. The van der Waals surface area contributed by atoms with Gasteiger partial charge in [0, 0.05) is 5.69 Å². The summed E-state index contributed by atoms with van der Waals surface area (Å²) >= 11 is 0. The molecule has 0 spiro atoms. The second kappa shape index (κ2) is 7.62. The van der Waals surface area contributed by atoms with Crippen molar-refractivity contribution < 1.29 is 4.79 Å². The van der Waals surface area contributed by atoms with Crippen LogP contribution in [-0.4, -0.2) is 18.2 Å². The molecule has 25 heavy (non-hydrogen) atoms. The van der Waals surface area contributed by atoms with E-state index >= 15 is 0 Å². The van der Waals surface area contributed by atoms with Crippen molar-refractivity contribution in [1.29, 1.82) is 0 Å². The molecule has 3 aromatic carbocycles. The number of carbonyl (C=O) groups is 1. The topological polar surface area (TPSA) is 53.5 Å². The number of hydrogen-bond acceptors (Lipinski definition) is 3. The van der Waals surface area contributed by atoms with E-state index in [1.165, 1.54) is 5.39 Å². The molecule has 0 fully saturated rings. The van der Waals surface area contributed by atoms with Gasteiger partial charge in [0.25, 0.3) is 5.91 Å². The summed E-state index contributed by atoms with van der Waals surface area (Å²) in [6, 6.07) is 22.2. The van der Waals surface area contributed by atoms with Gasteiger partial charge in [-0.15, -0.1) is 0 Å². The summed E-state index contributed by atoms with van der Waals surface area (Å²) in [5.41, 5.74) is 6.43. The summed E-state index contributed by atoms with van der Waals surface area (Å²) in [7, 11) is 0. The fourth-order valence-electron chi connectivity index (χ4n) is 2.60. The van der Waals surface area contributed by atoms with E-state index in [-0.39, 0.29) is 12.5 Å². The second-order valence-corrected chi connectivity index (χ2v) is 6.02. The molecule has 0 aliphatic rings. The van der Waals surface area contributed by atoms with Crippen LogP contribution in [-0.2, 0) is 4.79 Å². The zero-order valence-corrected chi connectivity index (χ0v) is 14.4. The molecule has 0 saturated carbocycles. The molecule has 4 nitrogen and oxygen atoms in total. The number of fused-ring (bicyclic) bond motifs is 1. The predicted molar refractivity (Wildman–Crippen MR) is 104 cm³/mol. The third-order valence-corrected chi connectivity index (χ3v) is 3.99. The number of nitrogens with one attached hydrogen (secondary N) is 2. The van der Waals surface area contributed by atoms with Crippen molar-refractivity contribution in [3.05, 3.63) is 77.9 Å². The Morgan fingerprint density at radius 3 is 2.56 bits per heavy atom. The quantitative estimate of drug-likeness (QED) is 0.546. The van der Waals surface area contributed by atoms with Crippen LogP contribution in [0.15, 0.2) is 71.8 Å². The van der Waals surface area contributed by atoms with Crippen LogP contribution in [0.25, 0.3) is 10.8 Å². The summed E-state index contributed by atoms with van der Waals surface area (Å²) < 4.78 is 0. The number of aryl methyl sites for hydroxylation is 1. The van der Waals surface area contributed by atoms with Gasteiger partial charge in [-0.05, 0) is 53.9 Å². The summed E-state index contributed by atoms with van der Waals surface area (Å²) in [5, 5.41) is 9.64. The third kappa shape index (κ3) is 4.44. The van der Waals surface area contributed by atoms with Gasteiger partial charge in [0.05, 0.1) is 12.3 Å². The number of amides is 1. The average molecular weight is 331 g/mol. The highest BCUT2D eigenvalue weighted by Crippen LogP contribution is 2.16. The van der Waals surface area contributed by atoms with E-state index in [2.05, 4.69) is 40.1 Å². The molecule has 3 rings (SSSR count). The van der Waals surface area contributed by atoms with Crippen LogP contribution in [0.5, 0.6) is 0 Å². The first kappa shape index (κ1) is 16.7. The van der Waals surface area contributed by atoms with Gasteiger partial charge in [0.1, 0.15) is 0 Å². The first-order valence-electron chi connectivity index (χ1n) is 8.25. The van der Waals surface area contributed by atoms with E-state index < -0.39 is 0 Å². The number of hydrazone groups is 1. The van der Waals surface area contributed by atoms with Gasteiger partial charge in [-0.1, -0.05) is 48.5 Å². The minimum atomic E-state index is -0.179. The molecular formula is C21H21N3O. The molecule has 0 aliphatic heterocycles. The predicted octanol–water partition coefficient (Wildman–Crippen LogP) is 4.10. The van der Waals surface area contributed by atoms with Gasteiger partial charge >= 0.3 is 0 Å². The Morgan fingerprint density at radius 2 is 1.76 bits per heavy atom. The normalized spacial score (nSPS) is 11.4. The Hall–Kier alpha value is -3.14. The lowest BCUT2D eigenvalue weighted by molar-refractivity contribution is -0.119. The van der Waals surface area contributed by atoms with Gasteiger partial charge in [-0.2, -0.15) is 5.10 Å². The smallest absolute Gasteiger partial charge is 0.259 e. The minimum Gasteiger partial charge on any atom is -0.376 e. The van der Waals surface area contributed by atoms with Crippen LogP contribution in [0.3, 0.4) is 0 Å². The van der Waals surface area contributed by atoms with Gasteiger partial charge < -0.3 is 5.32 Å².